The minimum Gasteiger partial charge on any atom is -0.506 e. The van der Waals surface area contributed by atoms with Crippen molar-refractivity contribution < 1.29 is 10.2 Å². The van der Waals surface area contributed by atoms with E-state index in [-0.39, 0.29) is 16.5 Å². The molecular weight excluding hydrogens is 321 g/mol. The summed E-state index contributed by atoms with van der Waals surface area (Å²) in [4.78, 5) is 4.24. The van der Waals surface area contributed by atoms with Crippen molar-refractivity contribution in [3.8, 4) is 11.5 Å². The molecule has 0 saturated carbocycles. The molecule has 116 valence electrons. The Morgan fingerprint density at radius 2 is 1.91 bits per heavy atom. The Hall–Kier alpha value is -1.71. The van der Waals surface area contributed by atoms with E-state index in [0.717, 1.165) is 12.0 Å². The van der Waals surface area contributed by atoms with E-state index in [0.29, 0.717) is 22.2 Å². The van der Waals surface area contributed by atoms with Gasteiger partial charge in [-0.25, -0.2) is 0 Å². The van der Waals surface area contributed by atoms with Crippen LogP contribution in [0.25, 0.3) is 0 Å². The summed E-state index contributed by atoms with van der Waals surface area (Å²) in [6, 6.07) is 8.36. The third kappa shape index (κ3) is 3.73. The lowest BCUT2D eigenvalue weighted by Crippen LogP contribution is -1.90. The molecule has 0 radical (unpaired) electrons. The maximum absolute atomic E-state index is 9.92. The zero-order chi connectivity index (χ0) is 16.3. The average Bonchev–Trinajstić information content (AvgIpc) is 2.50. The highest BCUT2D eigenvalue weighted by molar-refractivity contribution is 6.36. The fourth-order valence-corrected chi connectivity index (χ4v) is 2.52. The fourth-order valence-electron chi connectivity index (χ4n) is 2.01. The first-order chi connectivity index (χ1) is 10.4. The summed E-state index contributed by atoms with van der Waals surface area (Å²) in [6.07, 6.45) is 2.43. The van der Waals surface area contributed by atoms with E-state index in [9.17, 15) is 10.2 Å². The van der Waals surface area contributed by atoms with Gasteiger partial charge in [-0.1, -0.05) is 43.1 Å². The van der Waals surface area contributed by atoms with E-state index in [1.54, 1.807) is 12.1 Å². The lowest BCUT2D eigenvalue weighted by Gasteiger charge is -2.10. The number of phenolic OH excluding ortho intramolecular Hbond substituents is 2. The van der Waals surface area contributed by atoms with Gasteiger partial charge in [0.1, 0.15) is 17.2 Å². The second kappa shape index (κ2) is 7.03. The van der Waals surface area contributed by atoms with Crippen LogP contribution >= 0.6 is 23.2 Å². The highest BCUT2D eigenvalue weighted by atomic mass is 35.5. The van der Waals surface area contributed by atoms with E-state index < -0.39 is 0 Å². The Morgan fingerprint density at radius 3 is 2.59 bits per heavy atom. The predicted octanol–water partition coefficient (Wildman–Crippen LogP) is 5.67. The molecule has 0 heterocycles. The van der Waals surface area contributed by atoms with E-state index in [1.807, 2.05) is 12.1 Å². The van der Waals surface area contributed by atoms with E-state index in [4.69, 9.17) is 23.2 Å². The maximum atomic E-state index is 9.92. The Bertz CT molecular complexity index is 714. The van der Waals surface area contributed by atoms with Crippen LogP contribution in [0.15, 0.2) is 35.3 Å². The summed E-state index contributed by atoms with van der Waals surface area (Å²) in [5.74, 6) is 0.367. The monoisotopic (exact) mass is 337 g/mol. The third-order valence-corrected chi connectivity index (χ3v) is 4.09. The van der Waals surface area contributed by atoms with Gasteiger partial charge in [0.2, 0.25) is 0 Å². The summed E-state index contributed by atoms with van der Waals surface area (Å²) in [5.41, 5.74) is 1.93. The molecule has 0 amide bonds. The quantitative estimate of drug-likeness (QED) is 0.706. The van der Waals surface area contributed by atoms with Gasteiger partial charge in [-0.15, -0.1) is 0 Å². The summed E-state index contributed by atoms with van der Waals surface area (Å²) in [6.45, 7) is 4.22. The molecule has 0 fully saturated rings. The number of halogens is 2. The van der Waals surface area contributed by atoms with Crippen molar-refractivity contribution in [2.75, 3.05) is 0 Å². The smallest absolute Gasteiger partial charge is 0.143 e. The van der Waals surface area contributed by atoms with Crippen LogP contribution in [0.5, 0.6) is 11.5 Å². The lowest BCUT2D eigenvalue weighted by molar-refractivity contribution is 0.474. The number of aromatic hydroxyl groups is 2. The van der Waals surface area contributed by atoms with Gasteiger partial charge in [0.15, 0.2) is 0 Å². The van der Waals surface area contributed by atoms with Gasteiger partial charge in [-0.3, -0.25) is 4.99 Å². The van der Waals surface area contributed by atoms with Crippen LogP contribution in [-0.2, 0) is 0 Å². The van der Waals surface area contributed by atoms with Crippen molar-refractivity contribution >= 4 is 35.1 Å². The van der Waals surface area contributed by atoms with Crippen LogP contribution in [-0.4, -0.2) is 16.4 Å². The molecule has 0 aliphatic rings. The van der Waals surface area contributed by atoms with Crippen LogP contribution in [0.4, 0.5) is 5.69 Å². The van der Waals surface area contributed by atoms with Crippen LogP contribution in [0.3, 0.4) is 0 Å². The second-order valence-electron chi connectivity index (χ2n) is 5.14. The zero-order valence-electron chi connectivity index (χ0n) is 12.3. The van der Waals surface area contributed by atoms with E-state index >= 15 is 0 Å². The van der Waals surface area contributed by atoms with Gasteiger partial charge >= 0.3 is 0 Å². The molecule has 0 bridgehead atoms. The van der Waals surface area contributed by atoms with Crippen molar-refractivity contribution in [1.29, 1.82) is 0 Å². The Morgan fingerprint density at radius 1 is 1.18 bits per heavy atom. The second-order valence-corrected chi connectivity index (χ2v) is 5.98. The summed E-state index contributed by atoms with van der Waals surface area (Å²) < 4.78 is 0. The van der Waals surface area contributed by atoms with E-state index in [2.05, 4.69) is 18.8 Å². The SMILES string of the molecule is CC[C@@H](C)c1ccc(O)c(N=Cc2cc(Cl)cc(Cl)c2O)c1. The Labute approximate surface area is 139 Å². The molecule has 0 aromatic heterocycles. The third-order valence-electron chi connectivity index (χ3n) is 3.58. The standard InChI is InChI=1S/C17H17Cl2NO2/c1-3-10(2)11-4-5-16(21)15(7-11)20-9-12-6-13(18)8-14(19)17(12)22/h4-10,21-22H,3H2,1-2H3/t10-/m1/s1. The molecule has 1 atom stereocenters. The van der Waals surface area contributed by atoms with Gasteiger partial charge in [0.25, 0.3) is 0 Å². The first-order valence-electron chi connectivity index (χ1n) is 6.97. The van der Waals surface area contributed by atoms with E-state index in [1.165, 1.54) is 12.3 Å². The Kier molecular flexibility index (Phi) is 5.33. The maximum Gasteiger partial charge on any atom is 0.143 e. The first-order valence-corrected chi connectivity index (χ1v) is 7.73. The molecule has 0 saturated heterocycles. The van der Waals surface area contributed by atoms with Crippen LogP contribution < -0.4 is 0 Å². The summed E-state index contributed by atoms with van der Waals surface area (Å²) in [7, 11) is 0. The van der Waals surface area contributed by atoms with Crippen molar-refractivity contribution in [2.24, 2.45) is 4.99 Å². The molecule has 2 rings (SSSR count). The van der Waals surface area contributed by atoms with Crippen LogP contribution in [0, 0.1) is 0 Å². The molecule has 0 aliphatic carbocycles. The highest BCUT2D eigenvalue weighted by Crippen LogP contribution is 2.33. The molecule has 0 unspecified atom stereocenters. The summed E-state index contributed by atoms with van der Waals surface area (Å²) >= 11 is 11.8. The molecule has 0 spiro atoms. The number of hydrogen-bond donors (Lipinski definition) is 2. The molecule has 5 heteroatoms. The van der Waals surface area contributed by atoms with Gasteiger partial charge in [0.05, 0.1) is 5.02 Å². The van der Waals surface area contributed by atoms with Gasteiger partial charge in [-0.05, 0) is 42.2 Å². The van der Waals surface area contributed by atoms with Crippen LogP contribution in [0.2, 0.25) is 10.0 Å². The van der Waals surface area contributed by atoms with Crippen molar-refractivity contribution in [2.45, 2.75) is 26.2 Å². The van der Waals surface area contributed by atoms with Gasteiger partial charge in [-0.2, -0.15) is 0 Å². The summed E-state index contributed by atoms with van der Waals surface area (Å²) in [5, 5.41) is 20.4. The largest absolute Gasteiger partial charge is 0.506 e. The molecular formula is C17H17Cl2NO2. The highest BCUT2D eigenvalue weighted by Gasteiger charge is 2.08. The number of phenols is 2. The van der Waals surface area contributed by atoms with Crippen molar-refractivity contribution in [1.82, 2.24) is 0 Å². The number of aliphatic imine (C=N–C) groups is 1. The number of rotatable bonds is 4. The topological polar surface area (TPSA) is 52.8 Å². The van der Waals surface area contributed by atoms with Gasteiger partial charge < -0.3 is 10.2 Å². The van der Waals surface area contributed by atoms with Crippen molar-refractivity contribution in [3.63, 3.8) is 0 Å². The minimum absolute atomic E-state index is 0.0796. The molecule has 3 nitrogen and oxygen atoms in total. The molecule has 2 N–H and O–H groups in total. The number of hydrogen-bond acceptors (Lipinski definition) is 3. The zero-order valence-corrected chi connectivity index (χ0v) is 13.9. The molecule has 2 aromatic carbocycles. The Balaban J connectivity index is 2.38. The van der Waals surface area contributed by atoms with Crippen LogP contribution in [0.1, 0.15) is 37.3 Å². The average molecular weight is 338 g/mol. The normalized spacial score (nSPS) is 12.7. The molecule has 22 heavy (non-hydrogen) atoms. The molecule has 2 aromatic rings. The molecule has 0 aliphatic heterocycles. The van der Waals surface area contributed by atoms with Crippen molar-refractivity contribution in [3.05, 3.63) is 51.5 Å². The number of benzene rings is 2. The first kappa shape index (κ1) is 16.7. The fraction of sp³-hybridized carbons (Fsp3) is 0.235. The van der Waals surface area contributed by atoms with Gasteiger partial charge in [0, 0.05) is 16.8 Å². The minimum atomic E-state index is -0.0904. The number of nitrogens with zero attached hydrogens (tertiary/aromatic N) is 1. The predicted molar refractivity (Wildman–Crippen MR) is 92.2 cm³/mol. The lowest BCUT2D eigenvalue weighted by atomic mass is 9.98.